The molecule has 0 saturated carbocycles. The highest BCUT2D eigenvalue weighted by atomic mass is 16.5. The molecule has 154 valence electrons. The van der Waals surface area contributed by atoms with Crippen LogP contribution in [0, 0.1) is 0 Å². The van der Waals surface area contributed by atoms with Gasteiger partial charge in [0.1, 0.15) is 0 Å². The van der Waals surface area contributed by atoms with E-state index in [-0.39, 0.29) is 19.0 Å². The van der Waals surface area contributed by atoms with Crippen LogP contribution in [-0.4, -0.2) is 46.2 Å². The summed E-state index contributed by atoms with van der Waals surface area (Å²) >= 11 is 0. The molecule has 7 nitrogen and oxygen atoms in total. The summed E-state index contributed by atoms with van der Waals surface area (Å²) in [7, 11) is 0. The van der Waals surface area contributed by atoms with E-state index in [2.05, 4.69) is 6.58 Å². The third kappa shape index (κ3) is 3.71. The summed E-state index contributed by atoms with van der Waals surface area (Å²) in [5, 5.41) is 0. The molecule has 0 spiro atoms. The van der Waals surface area contributed by atoms with Gasteiger partial charge in [-0.15, -0.1) is 6.58 Å². The fourth-order valence-electron chi connectivity index (χ4n) is 3.72. The van der Waals surface area contributed by atoms with E-state index in [4.69, 9.17) is 4.74 Å². The molecule has 3 aromatic rings. The minimum Gasteiger partial charge on any atom is -0.378 e. The first-order valence-electron chi connectivity index (χ1n) is 9.89. The Bertz CT molecular complexity index is 1200. The Morgan fingerprint density at radius 2 is 1.53 bits per heavy atom. The van der Waals surface area contributed by atoms with Crippen molar-refractivity contribution in [3.8, 4) is 0 Å². The minimum absolute atomic E-state index is 0.0283. The average Bonchev–Trinajstić information content (AvgIpc) is 2.80. The number of aromatic nitrogens is 2. The van der Waals surface area contributed by atoms with Gasteiger partial charge in [0.05, 0.1) is 30.8 Å². The van der Waals surface area contributed by atoms with Gasteiger partial charge in [-0.05, 0) is 29.8 Å². The number of hydrogen-bond acceptors (Lipinski definition) is 4. The third-order valence-electron chi connectivity index (χ3n) is 5.29. The van der Waals surface area contributed by atoms with Gasteiger partial charge >= 0.3 is 11.1 Å². The number of fused-ring (bicyclic) bond motifs is 1. The van der Waals surface area contributed by atoms with Crippen molar-refractivity contribution in [2.75, 3.05) is 26.3 Å². The number of para-hydroxylation sites is 2. The van der Waals surface area contributed by atoms with E-state index in [0.717, 1.165) is 5.56 Å². The van der Waals surface area contributed by atoms with Crippen molar-refractivity contribution in [3.63, 3.8) is 0 Å². The maximum Gasteiger partial charge on any atom is 0.317 e. The Labute approximate surface area is 173 Å². The van der Waals surface area contributed by atoms with Crippen LogP contribution in [0.25, 0.3) is 11.0 Å². The van der Waals surface area contributed by atoms with Crippen molar-refractivity contribution < 1.29 is 9.53 Å². The summed E-state index contributed by atoms with van der Waals surface area (Å²) in [6.45, 7) is 6.47. The Morgan fingerprint density at radius 1 is 0.933 bits per heavy atom. The van der Waals surface area contributed by atoms with Gasteiger partial charge in [0.15, 0.2) is 0 Å². The molecule has 1 fully saturated rings. The first kappa shape index (κ1) is 19.8. The Balaban J connectivity index is 1.66. The van der Waals surface area contributed by atoms with Gasteiger partial charge in [0, 0.05) is 25.2 Å². The molecule has 7 heteroatoms. The lowest BCUT2D eigenvalue weighted by atomic mass is 10.1. The Morgan fingerprint density at radius 3 is 2.17 bits per heavy atom. The summed E-state index contributed by atoms with van der Waals surface area (Å²) < 4.78 is 8.21. The zero-order valence-electron chi connectivity index (χ0n) is 16.6. The second kappa shape index (κ2) is 8.51. The van der Waals surface area contributed by atoms with Crippen LogP contribution in [0.4, 0.5) is 0 Å². The van der Waals surface area contributed by atoms with E-state index < -0.39 is 11.1 Å². The van der Waals surface area contributed by atoms with Crippen LogP contribution in [0.3, 0.4) is 0 Å². The first-order chi connectivity index (χ1) is 14.6. The quantitative estimate of drug-likeness (QED) is 0.480. The normalized spacial score (nSPS) is 14.1. The van der Waals surface area contributed by atoms with E-state index in [0.29, 0.717) is 42.9 Å². The fourth-order valence-corrected chi connectivity index (χ4v) is 3.72. The Kier molecular flexibility index (Phi) is 5.63. The van der Waals surface area contributed by atoms with Crippen LogP contribution in [0.2, 0.25) is 0 Å². The van der Waals surface area contributed by atoms with Gasteiger partial charge in [0.2, 0.25) is 0 Å². The highest BCUT2D eigenvalue weighted by Gasteiger charge is 2.18. The van der Waals surface area contributed by atoms with Crippen LogP contribution < -0.4 is 11.1 Å². The second-order valence-electron chi connectivity index (χ2n) is 7.19. The molecule has 0 bridgehead atoms. The predicted octanol–water partition coefficient (Wildman–Crippen LogP) is 1.87. The number of ether oxygens (including phenoxy) is 1. The predicted molar refractivity (Wildman–Crippen MR) is 115 cm³/mol. The molecule has 0 aliphatic carbocycles. The number of allylic oxidation sites excluding steroid dienone is 1. The van der Waals surface area contributed by atoms with Crippen molar-refractivity contribution in [3.05, 3.63) is 93.0 Å². The Hall–Kier alpha value is -3.45. The topological polar surface area (TPSA) is 73.5 Å². The number of morpholine rings is 1. The molecule has 30 heavy (non-hydrogen) atoms. The van der Waals surface area contributed by atoms with Crippen molar-refractivity contribution in [2.24, 2.45) is 0 Å². The number of carbonyl (C=O) groups excluding carboxylic acids is 1. The summed E-state index contributed by atoms with van der Waals surface area (Å²) in [4.78, 5) is 39.8. The van der Waals surface area contributed by atoms with Crippen LogP contribution in [0.1, 0.15) is 15.9 Å². The van der Waals surface area contributed by atoms with E-state index in [9.17, 15) is 14.4 Å². The summed E-state index contributed by atoms with van der Waals surface area (Å²) in [6, 6.07) is 14.5. The molecule has 1 aliphatic rings. The molecule has 1 aliphatic heterocycles. The lowest BCUT2D eigenvalue weighted by Crippen LogP contribution is -2.41. The summed E-state index contributed by atoms with van der Waals surface area (Å²) in [5.74, 6) is -0.0283. The lowest BCUT2D eigenvalue weighted by molar-refractivity contribution is 0.0303. The zero-order valence-corrected chi connectivity index (χ0v) is 16.6. The molecule has 0 atom stereocenters. The summed E-state index contributed by atoms with van der Waals surface area (Å²) in [6.07, 6.45) is 1.60. The van der Waals surface area contributed by atoms with Gasteiger partial charge in [0.25, 0.3) is 5.91 Å². The van der Waals surface area contributed by atoms with Crippen LogP contribution in [-0.2, 0) is 17.8 Å². The molecule has 0 N–H and O–H groups in total. The van der Waals surface area contributed by atoms with Crippen LogP contribution in [0.15, 0.2) is 70.8 Å². The molecule has 4 rings (SSSR count). The maximum atomic E-state index is 12.8. The molecule has 1 amide bonds. The number of amides is 1. The lowest BCUT2D eigenvalue weighted by Gasteiger charge is -2.26. The molecule has 1 saturated heterocycles. The molecule has 2 heterocycles. The van der Waals surface area contributed by atoms with Gasteiger partial charge < -0.3 is 9.64 Å². The SMILES string of the molecule is C=CCn1c(=O)c(=O)n(Cc2ccc(C(=O)N3CCOCC3)cc2)c2ccccc21. The zero-order chi connectivity index (χ0) is 21.1. The van der Waals surface area contributed by atoms with Gasteiger partial charge in [-0.25, -0.2) is 0 Å². The average molecular weight is 405 g/mol. The molecule has 1 aromatic heterocycles. The number of hydrogen-bond donors (Lipinski definition) is 0. The van der Waals surface area contributed by atoms with Gasteiger partial charge in [-0.3, -0.25) is 23.5 Å². The molecular weight excluding hydrogens is 382 g/mol. The standard InChI is InChI=1S/C23H23N3O4/c1-2-11-25-19-5-3-4-6-20(19)26(23(29)22(25)28)16-17-7-9-18(10-8-17)21(27)24-12-14-30-15-13-24/h2-10H,1,11-16H2. The number of carbonyl (C=O) groups is 1. The number of benzene rings is 2. The third-order valence-corrected chi connectivity index (χ3v) is 5.29. The molecule has 0 radical (unpaired) electrons. The highest BCUT2D eigenvalue weighted by molar-refractivity contribution is 5.94. The van der Waals surface area contributed by atoms with E-state index in [1.807, 2.05) is 36.4 Å². The highest BCUT2D eigenvalue weighted by Crippen LogP contribution is 2.14. The molecular formula is C23H23N3O4. The molecule has 0 unspecified atom stereocenters. The second-order valence-corrected chi connectivity index (χ2v) is 7.19. The van der Waals surface area contributed by atoms with E-state index in [1.54, 1.807) is 23.1 Å². The fraction of sp³-hybridized carbons (Fsp3) is 0.261. The minimum atomic E-state index is -0.580. The van der Waals surface area contributed by atoms with Crippen LogP contribution >= 0.6 is 0 Å². The summed E-state index contributed by atoms with van der Waals surface area (Å²) in [5.41, 5.74) is 1.64. The van der Waals surface area contributed by atoms with Gasteiger partial charge in [-0.2, -0.15) is 0 Å². The van der Waals surface area contributed by atoms with Crippen molar-refractivity contribution in [1.82, 2.24) is 14.0 Å². The van der Waals surface area contributed by atoms with Crippen molar-refractivity contribution in [2.45, 2.75) is 13.1 Å². The number of nitrogens with zero attached hydrogens (tertiary/aromatic N) is 3. The largest absolute Gasteiger partial charge is 0.378 e. The van der Waals surface area contributed by atoms with E-state index in [1.165, 1.54) is 9.13 Å². The van der Waals surface area contributed by atoms with Crippen LogP contribution in [0.5, 0.6) is 0 Å². The van der Waals surface area contributed by atoms with E-state index >= 15 is 0 Å². The van der Waals surface area contributed by atoms with Crippen molar-refractivity contribution in [1.29, 1.82) is 0 Å². The smallest absolute Gasteiger partial charge is 0.317 e. The first-order valence-corrected chi connectivity index (χ1v) is 9.89. The number of rotatable bonds is 5. The monoisotopic (exact) mass is 405 g/mol. The maximum absolute atomic E-state index is 12.8. The van der Waals surface area contributed by atoms with Crippen molar-refractivity contribution >= 4 is 16.9 Å². The molecule has 2 aromatic carbocycles. The van der Waals surface area contributed by atoms with Gasteiger partial charge in [-0.1, -0.05) is 30.3 Å².